The van der Waals surface area contributed by atoms with E-state index in [4.69, 9.17) is 11.6 Å². The van der Waals surface area contributed by atoms with Gasteiger partial charge in [0.15, 0.2) is 5.78 Å². The molecule has 1 fully saturated rings. The topological polar surface area (TPSA) is 89.7 Å². The zero-order valence-electron chi connectivity index (χ0n) is 22.2. The van der Waals surface area contributed by atoms with E-state index >= 15 is 0 Å². The molecular formula is C29H41ClN6O. The molecular weight excluding hydrogens is 484 g/mol. The molecule has 37 heavy (non-hydrogen) atoms. The van der Waals surface area contributed by atoms with Gasteiger partial charge in [-0.3, -0.25) is 4.79 Å². The van der Waals surface area contributed by atoms with Crippen LogP contribution in [0.4, 0.5) is 0 Å². The van der Waals surface area contributed by atoms with Gasteiger partial charge in [-0.15, -0.1) is 0 Å². The Morgan fingerprint density at radius 2 is 1.65 bits per heavy atom. The van der Waals surface area contributed by atoms with E-state index in [9.17, 15) is 4.79 Å². The number of benzene rings is 1. The molecule has 3 aromatic rings. The van der Waals surface area contributed by atoms with Crippen LogP contribution in [0.3, 0.4) is 0 Å². The summed E-state index contributed by atoms with van der Waals surface area (Å²) >= 11 is 6.68. The molecule has 7 nitrogen and oxygen atoms in total. The molecule has 200 valence electrons. The van der Waals surface area contributed by atoms with Gasteiger partial charge in [-0.25, -0.2) is 9.97 Å². The van der Waals surface area contributed by atoms with Gasteiger partial charge in [0, 0.05) is 72.8 Å². The Labute approximate surface area is 225 Å². The number of aromatic amines is 2. The molecule has 0 amide bonds. The molecule has 0 spiro atoms. The summed E-state index contributed by atoms with van der Waals surface area (Å²) in [7, 11) is 0. The number of carbonyl (C=O) groups is 1. The van der Waals surface area contributed by atoms with Crippen molar-refractivity contribution < 1.29 is 4.79 Å². The smallest absolute Gasteiger partial charge is 0.166 e. The monoisotopic (exact) mass is 524 g/mol. The fourth-order valence-electron chi connectivity index (χ4n) is 5.57. The first-order chi connectivity index (χ1) is 18.1. The maximum Gasteiger partial charge on any atom is 0.166 e. The van der Waals surface area contributed by atoms with Crippen molar-refractivity contribution in [2.24, 2.45) is 5.92 Å². The first-order valence-corrected chi connectivity index (χ1v) is 14.2. The van der Waals surface area contributed by atoms with Crippen molar-refractivity contribution in [1.29, 1.82) is 0 Å². The molecule has 0 unspecified atom stereocenters. The first kappa shape index (κ1) is 27.6. The third-order valence-electron chi connectivity index (χ3n) is 7.51. The van der Waals surface area contributed by atoms with E-state index in [0.29, 0.717) is 29.5 Å². The summed E-state index contributed by atoms with van der Waals surface area (Å²) < 4.78 is 0. The lowest BCUT2D eigenvalue weighted by Gasteiger charge is -2.37. The highest BCUT2D eigenvalue weighted by atomic mass is 35.5. The summed E-state index contributed by atoms with van der Waals surface area (Å²) in [6.45, 7) is 7.69. The van der Waals surface area contributed by atoms with Crippen LogP contribution in [-0.2, 0) is 19.4 Å². The van der Waals surface area contributed by atoms with Crippen molar-refractivity contribution in [2.45, 2.75) is 83.8 Å². The average molecular weight is 525 g/mol. The molecule has 1 saturated carbocycles. The Bertz CT molecular complexity index is 1030. The standard InChI is InChI=1S/C29H41ClN6O/c1-3-15-36(16-4-2)25-9-7-24(8-10-25)35-20-22-6-5-21(17-26(22)30)29(37)23(18-27-31-11-12-32-27)19-28-33-13-14-34-28/h5-6,11-14,17,23-25,35H,3-4,7-10,15-16,18-20H2,1-2H3,(H,31,32)(H,33,34)/t24-,25-. The SMILES string of the molecule is CCCN(CCC)[C@H]1CC[C@H](NCc2ccc(C(=O)C(Cc3ncc[nH]3)Cc3ncc[nH]3)cc2Cl)CC1. The van der Waals surface area contributed by atoms with Gasteiger partial charge in [-0.1, -0.05) is 37.6 Å². The summed E-state index contributed by atoms with van der Waals surface area (Å²) in [5, 5.41) is 4.36. The fraction of sp³-hybridized carbons (Fsp3) is 0.552. The number of rotatable bonds is 14. The van der Waals surface area contributed by atoms with Gasteiger partial charge >= 0.3 is 0 Å². The van der Waals surface area contributed by atoms with Gasteiger partial charge in [-0.05, 0) is 63.2 Å². The number of carbonyl (C=O) groups excluding carboxylic acids is 1. The lowest BCUT2D eigenvalue weighted by molar-refractivity contribution is 0.0915. The molecule has 3 N–H and O–H groups in total. The molecule has 0 radical (unpaired) electrons. The second kappa shape index (κ2) is 13.9. The van der Waals surface area contributed by atoms with Gasteiger partial charge in [0.25, 0.3) is 0 Å². The van der Waals surface area contributed by atoms with Crippen molar-refractivity contribution in [3.8, 4) is 0 Å². The number of Topliss-reactive ketones (excluding diaryl/α,β-unsaturated/α-hetero) is 1. The number of hydrogen-bond donors (Lipinski definition) is 3. The van der Waals surface area contributed by atoms with E-state index in [0.717, 1.165) is 29.8 Å². The van der Waals surface area contributed by atoms with E-state index in [2.05, 4.69) is 44.0 Å². The molecule has 1 aromatic carbocycles. The van der Waals surface area contributed by atoms with Crippen LogP contribution in [0.25, 0.3) is 0 Å². The van der Waals surface area contributed by atoms with E-state index in [-0.39, 0.29) is 11.7 Å². The summed E-state index contributed by atoms with van der Waals surface area (Å²) in [6, 6.07) is 6.97. The number of imidazole rings is 2. The highest BCUT2D eigenvalue weighted by Gasteiger charge is 2.26. The second-order valence-corrected chi connectivity index (χ2v) is 10.7. The van der Waals surface area contributed by atoms with Gasteiger partial charge in [-0.2, -0.15) is 0 Å². The molecule has 0 bridgehead atoms. The van der Waals surface area contributed by atoms with Crippen LogP contribution >= 0.6 is 11.6 Å². The molecule has 2 heterocycles. The normalized spacial score (nSPS) is 18.1. The molecule has 4 rings (SSSR count). The number of nitrogens with one attached hydrogen (secondary N) is 3. The zero-order valence-corrected chi connectivity index (χ0v) is 22.9. The fourth-order valence-corrected chi connectivity index (χ4v) is 5.82. The maximum atomic E-state index is 13.5. The number of hydrogen-bond acceptors (Lipinski definition) is 5. The minimum atomic E-state index is -0.285. The Morgan fingerprint density at radius 3 is 2.16 bits per heavy atom. The van der Waals surface area contributed by atoms with Crippen LogP contribution in [0, 0.1) is 5.92 Å². The van der Waals surface area contributed by atoms with Crippen molar-refractivity contribution in [3.05, 3.63) is 70.8 Å². The van der Waals surface area contributed by atoms with E-state index < -0.39 is 0 Å². The van der Waals surface area contributed by atoms with E-state index in [1.807, 2.05) is 18.2 Å². The number of nitrogens with zero attached hydrogens (tertiary/aromatic N) is 3. The molecule has 8 heteroatoms. The molecule has 1 aliphatic rings. The molecule has 0 saturated heterocycles. The molecule has 2 aromatic heterocycles. The predicted molar refractivity (Wildman–Crippen MR) is 149 cm³/mol. The highest BCUT2D eigenvalue weighted by molar-refractivity contribution is 6.31. The van der Waals surface area contributed by atoms with Gasteiger partial charge in [0.1, 0.15) is 11.6 Å². The molecule has 1 aliphatic carbocycles. The largest absolute Gasteiger partial charge is 0.349 e. The van der Waals surface area contributed by atoms with Crippen LogP contribution in [0.15, 0.2) is 43.0 Å². The minimum absolute atomic E-state index is 0.0521. The highest BCUT2D eigenvalue weighted by Crippen LogP contribution is 2.26. The first-order valence-electron chi connectivity index (χ1n) is 13.8. The lowest BCUT2D eigenvalue weighted by Crippen LogP contribution is -2.43. The van der Waals surface area contributed by atoms with Crippen molar-refractivity contribution in [1.82, 2.24) is 30.2 Å². The van der Waals surface area contributed by atoms with Crippen molar-refractivity contribution in [3.63, 3.8) is 0 Å². The summed E-state index contributed by atoms with van der Waals surface area (Å²) in [6.07, 6.45) is 15.4. The van der Waals surface area contributed by atoms with Crippen LogP contribution in [0.5, 0.6) is 0 Å². The third kappa shape index (κ3) is 7.76. The third-order valence-corrected chi connectivity index (χ3v) is 7.87. The predicted octanol–water partition coefficient (Wildman–Crippen LogP) is 5.59. The Kier molecular flexibility index (Phi) is 10.3. The summed E-state index contributed by atoms with van der Waals surface area (Å²) in [5.74, 6) is 1.35. The number of aromatic nitrogens is 4. The average Bonchev–Trinajstić information content (AvgIpc) is 3.62. The van der Waals surface area contributed by atoms with Crippen LogP contribution < -0.4 is 5.32 Å². The van der Waals surface area contributed by atoms with Crippen molar-refractivity contribution in [2.75, 3.05) is 13.1 Å². The van der Waals surface area contributed by atoms with Crippen LogP contribution in [-0.4, -0.2) is 55.8 Å². The van der Waals surface area contributed by atoms with Crippen molar-refractivity contribution >= 4 is 17.4 Å². The lowest BCUT2D eigenvalue weighted by atomic mass is 9.89. The van der Waals surface area contributed by atoms with E-state index in [1.54, 1.807) is 24.8 Å². The number of H-pyrrole nitrogens is 2. The van der Waals surface area contributed by atoms with Gasteiger partial charge < -0.3 is 20.2 Å². The van der Waals surface area contributed by atoms with Crippen LogP contribution in [0.2, 0.25) is 5.02 Å². The van der Waals surface area contributed by atoms with E-state index in [1.165, 1.54) is 51.6 Å². The summed E-state index contributed by atoms with van der Waals surface area (Å²) in [4.78, 5) is 31.0. The Balaban J connectivity index is 1.33. The van der Waals surface area contributed by atoms with Crippen LogP contribution in [0.1, 0.15) is 79.9 Å². The maximum absolute atomic E-state index is 13.5. The Morgan fingerprint density at radius 1 is 1.03 bits per heavy atom. The number of ketones is 1. The van der Waals surface area contributed by atoms with Gasteiger partial charge in [0.2, 0.25) is 0 Å². The zero-order chi connectivity index (χ0) is 26.0. The second-order valence-electron chi connectivity index (χ2n) is 10.3. The Hall–Kier alpha value is -2.48. The molecule has 0 atom stereocenters. The number of halogens is 1. The summed E-state index contributed by atoms with van der Waals surface area (Å²) in [5.41, 5.74) is 1.66. The minimum Gasteiger partial charge on any atom is -0.349 e. The van der Waals surface area contributed by atoms with Gasteiger partial charge in [0.05, 0.1) is 0 Å². The molecule has 0 aliphatic heterocycles. The quantitative estimate of drug-likeness (QED) is 0.239.